The zero-order valence-electron chi connectivity index (χ0n) is 22.8. The molecule has 3 aliphatic heterocycles. The first-order valence-corrected chi connectivity index (χ1v) is 13.9. The SMILES string of the molecule is NCC1O[C@@H](O[C@@H]2C(N)C[C@@H](N)[C@@H](O)C2OC2OC(CO)[C@H](O[C@H]3O[C@@H](CN)[C@@H](O)C(O)C3N)[C@@H]2O)C(N)[C@@H](O)[C@@H]1O. The summed E-state index contributed by atoms with van der Waals surface area (Å²) in [6.45, 7) is -0.967. The van der Waals surface area contributed by atoms with Gasteiger partial charge in [-0.1, -0.05) is 0 Å². The van der Waals surface area contributed by atoms with E-state index in [1.54, 1.807) is 0 Å². The van der Waals surface area contributed by atoms with Crippen LogP contribution in [0.5, 0.6) is 0 Å². The molecule has 8 unspecified atom stereocenters. The van der Waals surface area contributed by atoms with E-state index in [0.717, 1.165) is 0 Å². The van der Waals surface area contributed by atoms with Gasteiger partial charge in [-0.2, -0.15) is 0 Å². The van der Waals surface area contributed by atoms with Crippen molar-refractivity contribution in [3.8, 4) is 0 Å². The van der Waals surface area contributed by atoms with Crippen molar-refractivity contribution in [2.45, 2.75) is 123 Å². The van der Waals surface area contributed by atoms with Crippen molar-refractivity contribution >= 4 is 0 Å². The molecule has 3 saturated heterocycles. The number of aliphatic hydroxyl groups excluding tert-OH is 7. The second-order valence-corrected chi connectivity index (χ2v) is 11.2. The Labute approximate surface area is 241 Å². The average Bonchev–Trinajstić information content (AvgIpc) is 3.27. The maximum atomic E-state index is 11.1. The second kappa shape index (κ2) is 14.1. The fourth-order valence-corrected chi connectivity index (χ4v) is 5.74. The number of hydrogen-bond donors (Lipinski definition) is 13. The van der Waals surface area contributed by atoms with E-state index in [9.17, 15) is 35.7 Å². The van der Waals surface area contributed by atoms with Crippen LogP contribution < -0.4 is 34.4 Å². The topological polar surface area (TPSA) is 353 Å². The van der Waals surface area contributed by atoms with Crippen LogP contribution in [0.3, 0.4) is 0 Å². The Morgan fingerprint density at radius 2 is 0.976 bits per heavy atom. The summed E-state index contributed by atoms with van der Waals surface area (Å²) in [6, 6.07) is -4.18. The summed E-state index contributed by atoms with van der Waals surface area (Å²) < 4.78 is 34.6. The van der Waals surface area contributed by atoms with Crippen molar-refractivity contribution in [3.63, 3.8) is 0 Å². The van der Waals surface area contributed by atoms with Gasteiger partial charge in [0, 0.05) is 25.2 Å². The van der Waals surface area contributed by atoms with Gasteiger partial charge >= 0.3 is 0 Å². The van der Waals surface area contributed by atoms with E-state index in [4.69, 9.17) is 62.8 Å². The van der Waals surface area contributed by atoms with E-state index in [-0.39, 0.29) is 19.5 Å². The van der Waals surface area contributed by atoms with Crippen LogP contribution in [0.2, 0.25) is 0 Å². The van der Waals surface area contributed by atoms with Crippen LogP contribution in [0.1, 0.15) is 6.42 Å². The fourth-order valence-electron chi connectivity index (χ4n) is 5.74. The summed E-state index contributed by atoms with van der Waals surface area (Å²) in [5.74, 6) is 0. The molecule has 19 N–H and O–H groups in total. The van der Waals surface area contributed by atoms with Crippen LogP contribution in [0, 0.1) is 0 Å². The van der Waals surface area contributed by atoms with Crippen molar-refractivity contribution in [2.24, 2.45) is 34.4 Å². The maximum Gasteiger partial charge on any atom is 0.187 e. The van der Waals surface area contributed by atoms with Gasteiger partial charge in [-0.25, -0.2) is 0 Å². The molecule has 19 nitrogen and oxygen atoms in total. The maximum absolute atomic E-state index is 11.1. The van der Waals surface area contributed by atoms with Gasteiger partial charge in [0.05, 0.1) is 24.8 Å². The van der Waals surface area contributed by atoms with E-state index >= 15 is 0 Å². The van der Waals surface area contributed by atoms with Crippen molar-refractivity contribution < 1.29 is 64.2 Å². The molecule has 0 radical (unpaired) electrons. The minimum atomic E-state index is -1.60. The molecule has 4 rings (SSSR count). The fraction of sp³-hybridized carbons (Fsp3) is 1.00. The standard InChI is InChI=1S/C23H46N6O13/c24-2-7-13(32)15(34)10(28)21(37-7)40-18-6(27)1-5(26)12(31)20(18)42-23-17(36)19(9(4-30)39-23)41-22-11(29)16(35)14(33)8(3-25)38-22/h5-23,30-36H,1-4,24-29H2/t5-,6?,7?,8+,9?,10?,11?,12-,13-,14-,15-,16?,17+,18-,19+,20?,21+,22-,23?/m1/s1. The Morgan fingerprint density at radius 3 is 1.45 bits per heavy atom. The van der Waals surface area contributed by atoms with Crippen LogP contribution in [-0.4, -0.2) is 172 Å². The lowest BCUT2D eigenvalue weighted by atomic mass is 9.84. The van der Waals surface area contributed by atoms with Gasteiger partial charge in [0.2, 0.25) is 0 Å². The molecule has 1 aliphatic carbocycles. The molecule has 0 aromatic carbocycles. The summed E-state index contributed by atoms with van der Waals surface area (Å²) in [6.07, 6.45) is -19.8. The molecule has 4 fully saturated rings. The molecule has 4 aliphatic rings. The molecule has 0 aromatic rings. The van der Waals surface area contributed by atoms with Crippen LogP contribution in [0.25, 0.3) is 0 Å². The van der Waals surface area contributed by atoms with Gasteiger partial charge < -0.3 is 98.6 Å². The average molecular weight is 615 g/mol. The van der Waals surface area contributed by atoms with Crippen LogP contribution in [0.15, 0.2) is 0 Å². The van der Waals surface area contributed by atoms with E-state index in [2.05, 4.69) is 0 Å². The number of ether oxygens (including phenoxy) is 6. The Balaban J connectivity index is 1.50. The molecule has 246 valence electrons. The van der Waals surface area contributed by atoms with Gasteiger partial charge in [0.1, 0.15) is 67.1 Å². The highest BCUT2D eigenvalue weighted by molar-refractivity contribution is 5.02. The lowest BCUT2D eigenvalue weighted by Crippen LogP contribution is -2.68. The third-order valence-corrected chi connectivity index (χ3v) is 8.37. The van der Waals surface area contributed by atoms with E-state index in [1.807, 2.05) is 0 Å². The van der Waals surface area contributed by atoms with Gasteiger partial charge in [-0.15, -0.1) is 0 Å². The summed E-state index contributed by atoms with van der Waals surface area (Å²) in [5, 5.41) is 73.0. The van der Waals surface area contributed by atoms with Crippen molar-refractivity contribution in [3.05, 3.63) is 0 Å². The lowest BCUT2D eigenvalue weighted by Gasteiger charge is -2.47. The largest absolute Gasteiger partial charge is 0.394 e. The molecule has 3 heterocycles. The molecule has 19 heteroatoms. The van der Waals surface area contributed by atoms with Crippen LogP contribution >= 0.6 is 0 Å². The normalized spacial score (nSPS) is 53.8. The summed E-state index contributed by atoms with van der Waals surface area (Å²) in [5.41, 5.74) is 35.6. The zero-order valence-corrected chi connectivity index (χ0v) is 22.8. The minimum absolute atomic E-state index is 0.0889. The molecular formula is C23H46N6O13. The highest BCUT2D eigenvalue weighted by atomic mass is 16.8. The summed E-state index contributed by atoms with van der Waals surface area (Å²) in [4.78, 5) is 0. The highest BCUT2D eigenvalue weighted by Gasteiger charge is 2.54. The Kier molecular flexibility index (Phi) is 11.5. The van der Waals surface area contributed by atoms with Crippen molar-refractivity contribution in [1.82, 2.24) is 0 Å². The molecule has 19 atom stereocenters. The quantitative estimate of drug-likeness (QED) is 0.115. The van der Waals surface area contributed by atoms with Crippen molar-refractivity contribution in [1.29, 1.82) is 0 Å². The van der Waals surface area contributed by atoms with Gasteiger partial charge in [0.25, 0.3) is 0 Å². The van der Waals surface area contributed by atoms with E-state index in [1.165, 1.54) is 0 Å². The van der Waals surface area contributed by atoms with E-state index < -0.39 is 123 Å². The first kappa shape index (κ1) is 34.1. The molecule has 0 bridgehead atoms. The van der Waals surface area contributed by atoms with E-state index in [0.29, 0.717) is 0 Å². The third kappa shape index (κ3) is 6.60. The number of nitrogens with two attached hydrogens (primary N) is 6. The Hall–Kier alpha value is -0.760. The molecular weight excluding hydrogens is 568 g/mol. The lowest BCUT2D eigenvalue weighted by molar-refractivity contribution is -0.306. The summed E-state index contributed by atoms with van der Waals surface area (Å²) >= 11 is 0. The molecule has 0 aromatic heterocycles. The predicted molar refractivity (Wildman–Crippen MR) is 138 cm³/mol. The first-order chi connectivity index (χ1) is 19.8. The Bertz CT molecular complexity index is 868. The number of aliphatic hydroxyl groups is 7. The third-order valence-electron chi connectivity index (χ3n) is 8.37. The van der Waals surface area contributed by atoms with Gasteiger partial charge in [-0.05, 0) is 6.42 Å². The second-order valence-electron chi connectivity index (χ2n) is 11.2. The molecule has 0 spiro atoms. The Morgan fingerprint density at radius 1 is 0.524 bits per heavy atom. The van der Waals surface area contributed by atoms with Gasteiger partial charge in [0.15, 0.2) is 18.9 Å². The van der Waals surface area contributed by atoms with Crippen LogP contribution in [-0.2, 0) is 28.4 Å². The molecule has 1 saturated carbocycles. The van der Waals surface area contributed by atoms with Crippen molar-refractivity contribution in [2.75, 3.05) is 19.7 Å². The zero-order chi connectivity index (χ0) is 31.0. The monoisotopic (exact) mass is 614 g/mol. The summed E-state index contributed by atoms with van der Waals surface area (Å²) in [7, 11) is 0. The van der Waals surface area contributed by atoms with Crippen LogP contribution in [0.4, 0.5) is 0 Å². The first-order valence-electron chi connectivity index (χ1n) is 13.9. The predicted octanol–water partition coefficient (Wildman–Crippen LogP) is -8.90. The number of rotatable bonds is 9. The highest BCUT2D eigenvalue weighted by Crippen LogP contribution is 2.34. The van der Waals surface area contributed by atoms with Gasteiger partial charge in [-0.3, -0.25) is 0 Å². The molecule has 42 heavy (non-hydrogen) atoms. The molecule has 0 amide bonds. The number of hydrogen-bond acceptors (Lipinski definition) is 19. The smallest absolute Gasteiger partial charge is 0.187 e. The minimum Gasteiger partial charge on any atom is -0.394 e.